The van der Waals surface area contributed by atoms with E-state index >= 15 is 0 Å². The molecule has 222 valence electrons. The van der Waals surface area contributed by atoms with Gasteiger partial charge in [-0.2, -0.15) is 0 Å². The van der Waals surface area contributed by atoms with Crippen LogP contribution in [0, 0.1) is 0 Å². The largest absolute Gasteiger partial charge is 0.481 e. The fraction of sp³-hybridized carbons (Fsp3) is 0.720. The maximum absolute atomic E-state index is 12.2. The van der Waals surface area contributed by atoms with Gasteiger partial charge in [0.25, 0.3) is 12.9 Å². The quantitative estimate of drug-likeness (QED) is 0.0718. The van der Waals surface area contributed by atoms with E-state index in [-0.39, 0.29) is 56.8 Å². The third-order valence-electron chi connectivity index (χ3n) is 5.59. The van der Waals surface area contributed by atoms with Gasteiger partial charge in [0.05, 0.1) is 0 Å². The molecule has 1 unspecified atom stereocenters. The van der Waals surface area contributed by atoms with E-state index in [0.29, 0.717) is 25.7 Å². The van der Waals surface area contributed by atoms with Crippen LogP contribution in [-0.2, 0) is 43.0 Å². The zero-order chi connectivity index (χ0) is 29.5. The first kappa shape index (κ1) is 35.3. The van der Waals surface area contributed by atoms with Gasteiger partial charge in [-0.25, -0.2) is 9.59 Å². The SMILES string of the molecule is CCCCCCC(CC(=O)CCC(=O)NCCCC[C@@H](OC=O)OC(=O)N[C@@H](CCC(=O)O)C(=O)O)OC=O. The molecule has 0 rings (SSSR count). The van der Waals surface area contributed by atoms with E-state index in [9.17, 15) is 33.6 Å². The minimum atomic E-state index is -1.50. The number of carboxylic acid groups (broad SMARTS) is 2. The Morgan fingerprint density at radius 1 is 0.821 bits per heavy atom. The number of ether oxygens (including phenoxy) is 3. The second-order valence-corrected chi connectivity index (χ2v) is 8.83. The van der Waals surface area contributed by atoms with E-state index in [4.69, 9.17) is 19.7 Å². The number of Topliss-reactive ketones (excluding diaryl/α,β-unsaturated/α-hetero) is 1. The van der Waals surface area contributed by atoms with Crippen LogP contribution >= 0.6 is 0 Å². The van der Waals surface area contributed by atoms with Gasteiger partial charge in [-0.15, -0.1) is 0 Å². The number of amides is 2. The lowest BCUT2D eigenvalue weighted by atomic mass is 10.0. The number of rotatable bonds is 25. The summed E-state index contributed by atoms with van der Waals surface area (Å²) in [5.41, 5.74) is 0. The van der Waals surface area contributed by atoms with E-state index in [1.165, 1.54) is 0 Å². The van der Waals surface area contributed by atoms with Crippen LogP contribution in [0.3, 0.4) is 0 Å². The van der Waals surface area contributed by atoms with Crippen LogP contribution < -0.4 is 10.6 Å². The lowest BCUT2D eigenvalue weighted by molar-refractivity contribution is -0.154. The number of hydrogen-bond acceptors (Lipinski definition) is 10. The van der Waals surface area contributed by atoms with Crippen molar-refractivity contribution < 1.29 is 58.0 Å². The van der Waals surface area contributed by atoms with E-state index in [1.807, 2.05) is 5.32 Å². The monoisotopic (exact) mass is 560 g/mol. The Kier molecular flexibility index (Phi) is 20.2. The van der Waals surface area contributed by atoms with Gasteiger partial charge in [-0.3, -0.25) is 24.0 Å². The summed E-state index contributed by atoms with van der Waals surface area (Å²) in [5, 5.41) is 22.4. The third-order valence-corrected chi connectivity index (χ3v) is 5.59. The summed E-state index contributed by atoms with van der Waals surface area (Å²) < 4.78 is 14.5. The molecule has 14 nitrogen and oxygen atoms in total. The maximum Gasteiger partial charge on any atom is 0.410 e. The minimum Gasteiger partial charge on any atom is -0.481 e. The lowest BCUT2D eigenvalue weighted by Gasteiger charge is -2.18. The molecular weight excluding hydrogens is 520 g/mol. The number of ketones is 1. The molecule has 0 aromatic carbocycles. The van der Waals surface area contributed by atoms with E-state index < -0.39 is 42.9 Å². The van der Waals surface area contributed by atoms with Gasteiger partial charge < -0.3 is 35.1 Å². The first-order valence-corrected chi connectivity index (χ1v) is 13.0. The molecule has 0 saturated heterocycles. The highest BCUT2D eigenvalue weighted by molar-refractivity contribution is 5.85. The highest BCUT2D eigenvalue weighted by Crippen LogP contribution is 2.13. The van der Waals surface area contributed by atoms with Crippen LogP contribution in [0.25, 0.3) is 0 Å². The fourth-order valence-electron chi connectivity index (χ4n) is 3.49. The topological polar surface area (TPSA) is 212 Å². The van der Waals surface area contributed by atoms with Crippen molar-refractivity contribution in [3.8, 4) is 0 Å². The molecule has 0 spiro atoms. The minimum absolute atomic E-state index is 0.0154. The molecular formula is C25H40N2O12. The van der Waals surface area contributed by atoms with E-state index in [1.54, 1.807) is 0 Å². The normalized spacial score (nSPS) is 12.7. The Bertz CT molecular complexity index is 789. The van der Waals surface area contributed by atoms with Crippen molar-refractivity contribution in [3.63, 3.8) is 0 Å². The van der Waals surface area contributed by atoms with Gasteiger partial charge in [0.15, 0.2) is 0 Å². The number of hydrogen-bond donors (Lipinski definition) is 4. The molecule has 0 radical (unpaired) electrons. The molecule has 0 heterocycles. The van der Waals surface area contributed by atoms with Crippen molar-refractivity contribution >= 4 is 42.7 Å². The van der Waals surface area contributed by atoms with Crippen molar-refractivity contribution in [1.82, 2.24) is 10.6 Å². The predicted molar refractivity (Wildman–Crippen MR) is 134 cm³/mol. The lowest BCUT2D eigenvalue weighted by Crippen LogP contribution is -2.42. The molecule has 2 amide bonds. The number of carbonyl (C=O) groups excluding carboxylic acids is 5. The Labute approximate surface area is 227 Å². The second kappa shape index (κ2) is 22.3. The van der Waals surface area contributed by atoms with Crippen LogP contribution in [0.4, 0.5) is 4.79 Å². The van der Waals surface area contributed by atoms with Crippen LogP contribution in [0.1, 0.15) is 90.4 Å². The Balaban J connectivity index is 4.29. The first-order chi connectivity index (χ1) is 18.6. The van der Waals surface area contributed by atoms with E-state index in [2.05, 4.69) is 17.0 Å². The summed E-state index contributed by atoms with van der Waals surface area (Å²) in [7, 11) is 0. The smallest absolute Gasteiger partial charge is 0.410 e. The van der Waals surface area contributed by atoms with Crippen LogP contribution in [0.15, 0.2) is 0 Å². The van der Waals surface area contributed by atoms with Gasteiger partial charge in [0.2, 0.25) is 12.2 Å². The van der Waals surface area contributed by atoms with Crippen LogP contribution in [0.2, 0.25) is 0 Å². The molecule has 0 aliphatic carbocycles. The summed E-state index contributed by atoms with van der Waals surface area (Å²) in [6, 6.07) is -1.50. The Morgan fingerprint density at radius 2 is 1.51 bits per heavy atom. The maximum atomic E-state index is 12.2. The zero-order valence-electron chi connectivity index (χ0n) is 22.3. The average Bonchev–Trinajstić information content (AvgIpc) is 2.87. The molecule has 39 heavy (non-hydrogen) atoms. The first-order valence-electron chi connectivity index (χ1n) is 13.0. The molecule has 14 heteroatoms. The number of carboxylic acids is 2. The Hall–Kier alpha value is -3.71. The molecule has 0 aromatic heterocycles. The molecule has 3 atom stereocenters. The zero-order valence-corrected chi connectivity index (χ0v) is 22.3. The summed E-state index contributed by atoms with van der Waals surface area (Å²) in [6.07, 6.45) is 1.64. The third kappa shape index (κ3) is 20.0. The van der Waals surface area contributed by atoms with Crippen molar-refractivity contribution in [2.24, 2.45) is 0 Å². The van der Waals surface area contributed by atoms with Gasteiger partial charge in [-0.05, 0) is 32.1 Å². The molecule has 0 aromatic rings. The molecule has 0 aliphatic rings. The number of unbranched alkanes of at least 4 members (excludes halogenated alkanes) is 4. The van der Waals surface area contributed by atoms with Crippen LogP contribution in [-0.4, -0.2) is 77.9 Å². The highest BCUT2D eigenvalue weighted by Gasteiger charge is 2.24. The summed E-state index contributed by atoms with van der Waals surface area (Å²) in [5.74, 6) is -3.19. The van der Waals surface area contributed by atoms with Crippen molar-refractivity contribution in [2.45, 2.75) is 109 Å². The summed E-state index contributed by atoms with van der Waals surface area (Å²) in [6.45, 7) is 2.73. The summed E-state index contributed by atoms with van der Waals surface area (Å²) >= 11 is 0. The molecule has 0 bridgehead atoms. The number of carbonyl (C=O) groups is 7. The second-order valence-electron chi connectivity index (χ2n) is 8.83. The van der Waals surface area contributed by atoms with Gasteiger partial charge in [0.1, 0.15) is 17.9 Å². The van der Waals surface area contributed by atoms with Gasteiger partial charge >= 0.3 is 18.0 Å². The average molecular weight is 561 g/mol. The molecule has 0 saturated carbocycles. The fourth-order valence-corrected chi connectivity index (χ4v) is 3.49. The number of alkyl carbamates (subject to hydrolysis) is 1. The number of aliphatic carboxylic acids is 2. The Morgan fingerprint density at radius 3 is 2.13 bits per heavy atom. The van der Waals surface area contributed by atoms with Crippen molar-refractivity contribution in [3.05, 3.63) is 0 Å². The summed E-state index contributed by atoms with van der Waals surface area (Å²) in [4.78, 5) is 79.2. The highest BCUT2D eigenvalue weighted by atomic mass is 16.7. The standard InChI is InChI=1S/C25H40N2O12/c1-2-3-4-5-8-19(37-16-28)15-18(30)10-12-21(31)26-14-7-6-9-23(38-17-29)39-25(36)27-20(24(34)35)11-13-22(32)33/h16-17,19-20,23H,2-15H2,1H3,(H,26,31)(H,27,36)(H,32,33)(H,34,35)/t19?,20-,23-/m0/s1. The molecule has 0 fully saturated rings. The van der Waals surface area contributed by atoms with Crippen LogP contribution in [0.5, 0.6) is 0 Å². The van der Waals surface area contributed by atoms with Crippen molar-refractivity contribution in [2.75, 3.05) is 6.54 Å². The predicted octanol–water partition coefficient (Wildman–Crippen LogP) is 2.07. The van der Waals surface area contributed by atoms with Gasteiger partial charge in [-0.1, -0.05) is 26.2 Å². The number of nitrogens with one attached hydrogen (secondary N) is 2. The van der Waals surface area contributed by atoms with Crippen molar-refractivity contribution in [1.29, 1.82) is 0 Å². The molecule has 0 aliphatic heterocycles. The van der Waals surface area contributed by atoms with E-state index in [0.717, 1.165) is 25.7 Å². The van der Waals surface area contributed by atoms with Gasteiger partial charge in [0, 0.05) is 38.6 Å². The molecule has 4 N–H and O–H groups in total.